The average Bonchev–Trinajstić information content (AvgIpc) is 2.87. The molecule has 1 aromatic carbocycles. The topological polar surface area (TPSA) is 74.0 Å². The minimum Gasteiger partial charge on any atom is -0.351 e. The van der Waals surface area contributed by atoms with Crippen molar-refractivity contribution in [1.29, 1.82) is 0 Å². The largest absolute Gasteiger partial charge is 0.351 e. The van der Waals surface area contributed by atoms with E-state index in [0.29, 0.717) is 24.6 Å². The van der Waals surface area contributed by atoms with Gasteiger partial charge in [0.05, 0.1) is 0 Å². The van der Waals surface area contributed by atoms with E-state index in [-0.39, 0.29) is 11.8 Å². The van der Waals surface area contributed by atoms with Crippen LogP contribution in [0.15, 0.2) is 24.3 Å². The van der Waals surface area contributed by atoms with Crippen molar-refractivity contribution in [3.63, 3.8) is 0 Å². The van der Waals surface area contributed by atoms with Gasteiger partial charge in [-0.1, -0.05) is 20.8 Å². The zero-order chi connectivity index (χ0) is 15.4. The number of fused-ring (bicyclic) bond motifs is 1. The number of carbonyl (C=O) groups excluding carboxylic acids is 2. The Labute approximate surface area is 124 Å². The molecule has 1 heterocycles. The third-order valence-electron chi connectivity index (χ3n) is 3.14. The van der Waals surface area contributed by atoms with E-state index in [9.17, 15) is 9.59 Å². The highest BCUT2D eigenvalue weighted by atomic mass is 16.2. The quantitative estimate of drug-likeness (QED) is 0.791. The standard InChI is InChI=1S/C16H21N3O2/c1-4-15(20)18-12-5-6-13-11(7-12)8-14(19-13)16(21)17-9-10(2)3/h5-8,10,19H,4,9H2,1-3H3,(H,17,21)(H,18,20). The van der Waals surface area contributed by atoms with Crippen LogP contribution in [0.5, 0.6) is 0 Å². The van der Waals surface area contributed by atoms with E-state index in [4.69, 9.17) is 0 Å². The van der Waals surface area contributed by atoms with Crippen LogP contribution >= 0.6 is 0 Å². The first kappa shape index (κ1) is 15.1. The number of anilines is 1. The number of rotatable bonds is 5. The van der Waals surface area contributed by atoms with Crippen molar-refractivity contribution in [2.45, 2.75) is 27.2 Å². The van der Waals surface area contributed by atoms with Crippen molar-refractivity contribution in [2.24, 2.45) is 5.92 Å². The predicted molar refractivity (Wildman–Crippen MR) is 84.4 cm³/mol. The Morgan fingerprint density at radius 2 is 2.00 bits per heavy atom. The highest BCUT2D eigenvalue weighted by Gasteiger charge is 2.10. The van der Waals surface area contributed by atoms with Crippen molar-refractivity contribution in [2.75, 3.05) is 11.9 Å². The van der Waals surface area contributed by atoms with Crippen LogP contribution in [0.25, 0.3) is 10.9 Å². The minimum atomic E-state index is -0.112. The SMILES string of the molecule is CCC(=O)Nc1ccc2[nH]c(C(=O)NCC(C)C)cc2c1. The summed E-state index contributed by atoms with van der Waals surface area (Å²) < 4.78 is 0. The highest BCUT2D eigenvalue weighted by molar-refractivity contribution is 5.99. The molecule has 3 N–H and O–H groups in total. The molecule has 0 saturated heterocycles. The fourth-order valence-corrected chi connectivity index (χ4v) is 1.97. The Hall–Kier alpha value is -2.30. The second-order valence-corrected chi connectivity index (χ2v) is 5.49. The van der Waals surface area contributed by atoms with Crippen LogP contribution in [-0.4, -0.2) is 23.3 Å². The molecule has 0 aliphatic heterocycles. The first-order chi connectivity index (χ1) is 9.99. The van der Waals surface area contributed by atoms with Crippen LogP contribution < -0.4 is 10.6 Å². The van der Waals surface area contributed by atoms with E-state index in [0.717, 1.165) is 16.6 Å². The first-order valence-electron chi connectivity index (χ1n) is 7.20. The number of nitrogens with one attached hydrogen (secondary N) is 3. The molecule has 2 amide bonds. The van der Waals surface area contributed by atoms with Crippen LogP contribution in [0, 0.1) is 5.92 Å². The molecule has 0 bridgehead atoms. The fourth-order valence-electron chi connectivity index (χ4n) is 1.97. The molecule has 0 unspecified atom stereocenters. The molecule has 0 fully saturated rings. The smallest absolute Gasteiger partial charge is 0.267 e. The van der Waals surface area contributed by atoms with Crippen LogP contribution in [-0.2, 0) is 4.79 Å². The van der Waals surface area contributed by atoms with E-state index < -0.39 is 0 Å². The molecule has 2 rings (SSSR count). The number of H-pyrrole nitrogens is 1. The maximum Gasteiger partial charge on any atom is 0.267 e. The number of benzene rings is 1. The zero-order valence-corrected chi connectivity index (χ0v) is 12.6. The molecular weight excluding hydrogens is 266 g/mol. The fraction of sp³-hybridized carbons (Fsp3) is 0.375. The summed E-state index contributed by atoms with van der Waals surface area (Å²) in [4.78, 5) is 26.5. The van der Waals surface area contributed by atoms with Gasteiger partial charge in [0.15, 0.2) is 0 Å². The summed E-state index contributed by atoms with van der Waals surface area (Å²) in [5.74, 6) is 0.271. The third-order valence-corrected chi connectivity index (χ3v) is 3.14. The van der Waals surface area contributed by atoms with Crippen molar-refractivity contribution in [3.8, 4) is 0 Å². The van der Waals surface area contributed by atoms with Crippen LogP contribution in [0.2, 0.25) is 0 Å². The van der Waals surface area contributed by atoms with E-state index in [2.05, 4.69) is 15.6 Å². The molecule has 112 valence electrons. The second kappa shape index (κ2) is 6.43. The van der Waals surface area contributed by atoms with Gasteiger partial charge in [0.2, 0.25) is 5.91 Å². The molecule has 0 aliphatic rings. The number of aromatic amines is 1. The number of amides is 2. The van der Waals surface area contributed by atoms with Gasteiger partial charge in [0.1, 0.15) is 5.69 Å². The molecule has 0 saturated carbocycles. The van der Waals surface area contributed by atoms with E-state index >= 15 is 0 Å². The van der Waals surface area contributed by atoms with E-state index in [1.807, 2.05) is 32.0 Å². The lowest BCUT2D eigenvalue weighted by atomic mass is 10.2. The van der Waals surface area contributed by atoms with Crippen LogP contribution in [0.1, 0.15) is 37.7 Å². The maximum absolute atomic E-state index is 12.0. The lowest BCUT2D eigenvalue weighted by Gasteiger charge is -2.05. The van der Waals surface area contributed by atoms with Crippen LogP contribution in [0.4, 0.5) is 5.69 Å². The number of carbonyl (C=O) groups is 2. The molecule has 21 heavy (non-hydrogen) atoms. The maximum atomic E-state index is 12.0. The Balaban J connectivity index is 2.17. The Morgan fingerprint density at radius 3 is 2.67 bits per heavy atom. The lowest BCUT2D eigenvalue weighted by Crippen LogP contribution is -2.27. The molecular formula is C16H21N3O2. The molecule has 1 aromatic heterocycles. The van der Waals surface area contributed by atoms with Gasteiger partial charge in [-0.3, -0.25) is 9.59 Å². The van der Waals surface area contributed by atoms with Crippen molar-refractivity contribution < 1.29 is 9.59 Å². The van der Waals surface area contributed by atoms with Gasteiger partial charge in [-0.15, -0.1) is 0 Å². The molecule has 2 aromatic rings. The summed E-state index contributed by atoms with van der Waals surface area (Å²) in [6, 6.07) is 7.34. The molecule has 0 atom stereocenters. The van der Waals surface area contributed by atoms with Gasteiger partial charge in [0, 0.05) is 29.6 Å². The first-order valence-corrected chi connectivity index (χ1v) is 7.20. The molecule has 0 spiro atoms. The lowest BCUT2D eigenvalue weighted by molar-refractivity contribution is -0.115. The Morgan fingerprint density at radius 1 is 1.24 bits per heavy atom. The normalized spacial score (nSPS) is 10.9. The summed E-state index contributed by atoms with van der Waals surface area (Å²) in [6.07, 6.45) is 0.439. The second-order valence-electron chi connectivity index (χ2n) is 5.49. The molecule has 0 radical (unpaired) electrons. The van der Waals surface area contributed by atoms with Gasteiger partial charge in [-0.2, -0.15) is 0 Å². The number of hydrogen-bond acceptors (Lipinski definition) is 2. The van der Waals surface area contributed by atoms with Crippen molar-refractivity contribution >= 4 is 28.4 Å². The van der Waals surface area contributed by atoms with Gasteiger partial charge in [-0.25, -0.2) is 0 Å². The Bertz CT molecular complexity index is 659. The van der Waals surface area contributed by atoms with E-state index in [1.165, 1.54) is 0 Å². The summed E-state index contributed by atoms with van der Waals surface area (Å²) in [6.45, 7) is 6.55. The third kappa shape index (κ3) is 3.84. The van der Waals surface area contributed by atoms with Gasteiger partial charge in [0.25, 0.3) is 5.91 Å². The van der Waals surface area contributed by atoms with Crippen molar-refractivity contribution in [3.05, 3.63) is 30.0 Å². The average molecular weight is 287 g/mol. The molecule has 5 nitrogen and oxygen atoms in total. The number of aromatic nitrogens is 1. The summed E-state index contributed by atoms with van der Waals surface area (Å²) in [7, 11) is 0. The summed E-state index contributed by atoms with van der Waals surface area (Å²) >= 11 is 0. The Kier molecular flexibility index (Phi) is 4.62. The number of hydrogen-bond donors (Lipinski definition) is 3. The van der Waals surface area contributed by atoms with Gasteiger partial charge >= 0.3 is 0 Å². The zero-order valence-electron chi connectivity index (χ0n) is 12.6. The predicted octanol–water partition coefficient (Wildman–Crippen LogP) is 2.90. The molecule has 5 heteroatoms. The van der Waals surface area contributed by atoms with Gasteiger partial charge in [-0.05, 0) is 30.2 Å². The minimum absolute atomic E-state index is 0.0280. The van der Waals surface area contributed by atoms with Crippen LogP contribution in [0.3, 0.4) is 0 Å². The molecule has 0 aliphatic carbocycles. The monoisotopic (exact) mass is 287 g/mol. The van der Waals surface area contributed by atoms with Crippen molar-refractivity contribution in [1.82, 2.24) is 10.3 Å². The highest BCUT2D eigenvalue weighted by Crippen LogP contribution is 2.20. The summed E-state index contributed by atoms with van der Waals surface area (Å²) in [5.41, 5.74) is 2.14. The summed E-state index contributed by atoms with van der Waals surface area (Å²) in [5, 5.41) is 6.59. The van der Waals surface area contributed by atoms with Gasteiger partial charge < -0.3 is 15.6 Å². The van der Waals surface area contributed by atoms with E-state index in [1.54, 1.807) is 13.0 Å².